The first-order chi connectivity index (χ1) is 11.0. The molecule has 3 rings (SSSR count). The number of ketones is 1. The van der Waals surface area contributed by atoms with Gasteiger partial charge in [0, 0.05) is 38.0 Å². The molecule has 1 aromatic rings. The van der Waals surface area contributed by atoms with E-state index < -0.39 is 11.9 Å². The van der Waals surface area contributed by atoms with E-state index in [2.05, 4.69) is 10.6 Å². The summed E-state index contributed by atoms with van der Waals surface area (Å²) >= 11 is 0. The molecule has 2 amide bonds. The highest BCUT2D eigenvalue weighted by Gasteiger charge is 2.26. The number of benzene rings is 1. The average molecular weight is 319 g/mol. The number of halogens is 1. The molecule has 1 aromatic carbocycles. The number of hydrogen-bond acceptors (Lipinski definition) is 5. The molecule has 122 valence electrons. The largest absolute Gasteiger partial charge is 0.374 e. The van der Waals surface area contributed by atoms with Gasteiger partial charge in [0.2, 0.25) is 11.8 Å². The predicted molar refractivity (Wildman–Crippen MR) is 82.6 cm³/mol. The van der Waals surface area contributed by atoms with Gasteiger partial charge in [-0.05, 0) is 24.6 Å². The number of carbonyl (C=O) groups is 3. The lowest BCUT2D eigenvalue weighted by Gasteiger charge is -2.29. The van der Waals surface area contributed by atoms with Crippen LogP contribution >= 0.6 is 0 Å². The molecule has 2 fully saturated rings. The SMILES string of the molecule is O=C1CCN(c2ccc(NC3CCC(=O)NC3=O)cc2F)CC1. The van der Waals surface area contributed by atoms with Gasteiger partial charge in [-0.2, -0.15) is 0 Å². The van der Waals surface area contributed by atoms with Gasteiger partial charge in [0.25, 0.3) is 0 Å². The summed E-state index contributed by atoms with van der Waals surface area (Å²) in [6, 6.07) is 4.17. The van der Waals surface area contributed by atoms with Crippen molar-refractivity contribution in [2.75, 3.05) is 23.3 Å². The molecule has 0 bridgehead atoms. The number of Topliss-reactive ketones (excluding diaryl/α,β-unsaturated/α-hetero) is 1. The lowest BCUT2D eigenvalue weighted by atomic mass is 10.1. The maximum absolute atomic E-state index is 14.3. The highest BCUT2D eigenvalue weighted by Crippen LogP contribution is 2.26. The van der Waals surface area contributed by atoms with Crippen LogP contribution in [0.4, 0.5) is 15.8 Å². The number of amides is 2. The molecule has 0 aromatic heterocycles. The van der Waals surface area contributed by atoms with Crippen LogP contribution in [0.5, 0.6) is 0 Å². The highest BCUT2D eigenvalue weighted by molar-refractivity contribution is 6.01. The molecule has 2 saturated heterocycles. The van der Waals surface area contributed by atoms with E-state index in [4.69, 9.17) is 0 Å². The van der Waals surface area contributed by atoms with Gasteiger partial charge in [-0.1, -0.05) is 0 Å². The number of carbonyl (C=O) groups excluding carboxylic acids is 3. The molecule has 2 N–H and O–H groups in total. The Morgan fingerprint density at radius 2 is 1.87 bits per heavy atom. The zero-order chi connectivity index (χ0) is 16.4. The molecule has 6 nitrogen and oxygen atoms in total. The summed E-state index contributed by atoms with van der Waals surface area (Å²) in [5, 5.41) is 5.21. The van der Waals surface area contributed by atoms with Crippen molar-refractivity contribution in [3.05, 3.63) is 24.0 Å². The molecule has 0 spiro atoms. The molecular formula is C16H18FN3O3. The first-order valence-corrected chi connectivity index (χ1v) is 7.69. The van der Waals surface area contributed by atoms with Crippen molar-refractivity contribution in [3.8, 4) is 0 Å². The van der Waals surface area contributed by atoms with Gasteiger partial charge in [-0.3, -0.25) is 19.7 Å². The fourth-order valence-electron chi connectivity index (χ4n) is 2.88. The number of piperidine rings is 2. The topological polar surface area (TPSA) is 78.5 Å². The van der Waals surface area contributed by atoms with Crippen LogP contribution in [0, 0.1) is 5.82 Å². The van der Waals surface area contributed by atoms with Crippen LogP contribution in [0.25, 0.3) is 0 Å². The lowest BCUT2D eigenvalue weighted by molar-refractivity contribution is -0.133. The fraction of sp³-hybridized carbons (Fsp3) is 0.438. The van der Waals surface area contributed by atoms with Gasteiger partial charge in [-0.25, -0.2) is 4.39 Å². The Morgan fingerprint density at radius 1 is 1.13 bits per heavy atom. The minimum Gasteiger partial charge on any atom is -0.374 e. The third kappa shape index (κ3) is 3.49. The van der Waals surface area contributed by atoms with Crippen molar-refractivity contribution in [1.82, 2.24) is 5.32 Å². The van der Waals surface area contributed by atoms with E-state index in [9.17, 15) is 18.8 Å². The Hall–Kier alpha value is -2.44. The molecule has 1 atom stereocenters. The van der Waals surface area contributed by atoms with Crippen LogP contribution in [0.2, 0.25) is 0 Å². The Labute approximate surface area is 133 Å². The van der Waals surface area contributed by atoms with Crippen LogP contribution in [-0.4, -0.2) is 36.7 Å². The van der Waals surface area contributed by atoms with Gasteiger partial charge < -0.3 is 10.2 Å². The van der Waals surface area contributed by atoms with E-state index in [1.807, 2.05) is 4.90 Å². The summed E-state index contributed by atoms with van der Waals surface area (Å²) in [4.78, 5) is 35.9. The molecule has 0 radical (unpaired) electrons. The van der Waals surface area contributed by atoms with E-state index in [1.54, 1.807) is 12.1 Å². The van der Waals surface area contributed by atoms with Crippen molar-refractivity contribution in [1.29, 1.82) is 0 Å². The molecule has 0 saturated carbocycles. The van der Waals surface area contributed by atoms with Crippen LogP contribution in [0.3, 0.4) is 0 Å². The molecule has 2 aliphatic heterocycles. The monoisotopic (exact) mass is 319 g/mol. The number of hydrogen-bond donors (Lipinski definition) is 2. The predicted octanol–water partition coefficient (Wildman–Crippen LogP) is 1.21. The summed E-state index contributed by atoms with van der Waals surface area (Å²) in [6.07, 6.45) is 1.54. The van der Waals surface area contributed by atoms with Crippen LogP contribution in [0.1, 0.15) is 25.7 Å². The van der Waals surface area contributed by atoms with Crippen molar-refractivity contribution >= 4 is 29.0 Å². The van der Waals surface area contributed by atoms with Gasteiger partial charge in [0.15, 0.2) is 0 Å². The van der Waals surface area contributed by atoms with Crippen LogP contribution < -0.4 is 15.5 Å². The Morgan fingerprint density at radius 3 is 2.52 bits per heavy atom. The second-order valence-corrected chi connectivity index (χ2v) is 5.84. The third-order valence-corrected chi connectivity index (χ3v) is 4.19. The molecule has 7 heteroatoms. The fourth-order valence-corrected chi connectivity index (χ4v) is 2.88. The van der Waals surface area contributed by atoms with Gasteiger partial charge >= 0.3 is 0 Å². The van der Waals surface area contributed by atoms with Gasteiger partial charge in [0.05, 0.1) is 5.69 Å². The van der Waals surface area contributed by atoms with Gasteiger partial charge in [0.1, 0.15) is 17.6 Å². The van der Waals surface area contributed by atoms with Crippen molar-refractivity contribution < 1.29 is 18.8 Å². The van der Waals surface area contributed by atoms with E-state index in [-0.39, 0.29) is 24.0 Å². The van der Waals surface area contributed by atoms with E-state index >= 15 is 0 Å². The highest BCUT2D eigenvalue weighted by atomic mass is 19.1. The first kappa shape index (κ1) is 15.5. The third-order valence-electron chi connectivity index (χ3n) is 4.19. The Balaban J connectivity index is 1.68. The maximum Gasteiger partial charge on any atom is 0.249 e. The second-order valence-electron chi connectivity index (χ2n) is 5.84. The summed E-state index contributed by atoms with van der Waals surface area (Å²) in [6.45, 7) is 1.05. The minimum absolute atomic E-state index is 0.206. The van der Waals surface area contributed by atoms with Crippen LogP contribution in [-0.2, 0) is 14.4 Å². The van der Waals surface area contributed by atoms with Crippen LogP contribution in [0.15, 0.2) is 18.2 Å². The average Bonchev–Trinajstić information content (AvgIpc) is 2.51. The standard InChI is InChI=1S/C16H18FN3O3/c17-12-9-10(18-13-2-4-15(22)19-16(13)23)1-3-14(12)20-7-5-11(21)6-8-20/h1,3,9,13,18H,2,4-8H2,(H,19,22,23). The summed E-state index contributed by atoms with van der Waals surface area (Å²) in [5.41, 5.74) is 0.958. The molecule has 23 heavy (non-hydrogen) atoms. The van der Waals surface area contributed by atoms with E-state index in [0.717, 1.165) is 0 Å². The number of nitrogens with one attached hydrogen (secondary N) is 2. The molecule has 1 unspecified atom stereocenters. The first-order valence-electron chi connectivity index (χ1n) is 7.69. The Bertz CT molecular complexity index is 652. The second kappa shape index (κ2) is 6.36. The zero-order valence-corrected chi connectivity index (χ0v) is 12.6. The summed E-state index contributed by atoms with van der Waals surface area (Å²) in [5.74, 6) is -0.857. The quantitative estimate of drug-likeness (QED) is 0.819. The molecule has 0 aliphatic carbocycles. The normalized spacial score (nSPS) is 22.0. The Kier molecular flexibility index (Phi) is 4.27. The summed E-state index contributed by atoms with van der Waals surface area (Å²) < 4.78 is 14.3. The summed E-state index contributed by atoms with van der Waals surface area (Å²) in [7, 11) is 0. The number of rotatable bonds is 3. The number of anilines is 2. The smallest absolute Gasteiger partial charge is 0.249 e. The maximum atomic E-state index is 14.3. The minimum atomic E-state index is -0.537. The lowest BCUT2D eigenvalue weighted by Crippen LogP contribution is -2.47. The van der Waals surface area contributed by atoms with E-state index in [0.29, 0.717) is 43.7 Å². The molecule has 2 heterocycles. The molecular weight excluding hydrogens is 301 g/mol. The number of nitrogens with zero attached hydrogens (tertiary/aromatic N) is 1. The van der Waals surface area contributed by atoms with Crippen molar-refractivity contribution in [2.24, 2.45) is 0 Å². The zero-order valence-electron chi connectivity index (χ0n) is 12.6. The van der Waals surface area contributed by atoms with E-state index in [1.165, 1.54) is 6.07 Å². The van der Waals surface area contributed by atoms with Gasteiger partial charge in [-0.15, -0.1) is 0 Å². The number of imide groups is 1. The van der Waals surface area contributed by atoms with Crippen molar-refractivity contribution in [3.63, 3.8) is 0 Å². The molecule has 2 aliphatic rings. The van der Waals surface area contributed by atoms with Crippen molar-refractivity contribution in [2.45, 2.75) is 31.7 Å².